The third-order valence-corrected chi connectivity index (χ3v) is 3.10. The lowest BCUT2D eigenvalue weighted by Crippen LogP contribution is -2.14. The van der Waals surface area contributed by atoms with Crippen LogP contribution in [0.15, 0.2) is 12.2 Å². The summed E-state index contributed by atoms with van der Waals surface area (Å²) in [6.45, 7) is 12.4. The van der Waals surface area contributed by atoms with Crippen LogP contribution in [0.4, 0.5) is 0 Å². The third-order valence-electron chi connectivity index (χ3n) is 3.10. The van der Waals surface area contributed by atoms with Gasteiger partial charge in [0.05, 0.1) is 0 Å². The predicted molar refractivity (Wildman–Crippen MR) is 63.9 cm³/mol. The van der Waals surface area contributed by atoms with Crippen molar-refractivity contribution in [2.75, 3.05) is 0 Å². The molecule has 0 heterocycles. The first-order valence-corrected chi connectivity index (χ1v) is 5.69. The van der Waals surface area contributed by atoms with Gasteiger partial charge >= 0.3 is 5.97 Å². The first-order chi connectivity index (χ1) is 6.78. The Bertz CT molecular complexity index is 229. The van der Waals surface area contributed by atoms with Gasteiger partial charge < -0.3 is 5.11 Å². The van der Waals surface area contributed by atoms with Gasteiger partial charge in [0.2, 0.25) is 0 Å². The molecule has 0 aromatic rings. The highest BCUT2D eigenvalue weighted by Gasteiger charge is 2.19. The normalized spacial score (nSPS) is 13.6. The quantitative estimate of drug-likeness (QED) is 0.650. The average Bonchev–Trinajstić information content (AvgIpc) is 2.13. The van der Waals surface area contributed by atoms with Gasteiger partial charge in [-0.15, -0.1) is 0 Å². The SMILES string of the molecule is C=C(CCC(C)CC(C)(C)CC)C(=O)O. The van der Waals surface area contributed by atoms with Crippen LogP contribution in [0, 0.1) is 11.3 Å². The van der Waals surface area contributed by atoms with Gasteiger partial charge in [0.25, 0.3) is 0 Å². The molecule has 0 fully saturated rings. The van der Waals surface area contributed by atoms with E-state index in [-0.39, 0.29) is 0 Å². The molecule has 2 heteroatoms. The van der Waals surface area contributed by atoms with E-state index in [2.05, 4.69) is 34.3 Å². The monoisotopic (exact) mass is 212 g/mol. The molecule has 0 bridgehead atoms. The lowest BCUT2D eigenvalue weighted by Gasteiger charge is -2.26. The van der Waals surface area contributed by atoms with Gasteiger partial charge in [-0.2, -0.15) is 0 Å². The number of carboxylic acids is 1. The van der Waals surface area contributed by atoms with Crippen molar-refractivity contribution in [3.63, 3.8) is 0 Å². The van der Waals surface area contributed by atoms with E-state index in [1.54, 1.807) is 0 Å². The number of carbonyl (C=O) groups is 1. The fraction of sp³-hybridized carbons (Fsp3) is 0.769. The molecule has 0 aromatic carbocycles. The predicted octanol–water partition coefficient (Wildman–Crippen LogP) is 3.87. The number of aliphatic carboxylic acids is 1. The van der Waals surface area contributed by atoms with Crippen LogP contribution in [0.1, 0.15) is 53.4 Å². The molecule has 2 nitrogen and oxygen atoms in total. The van der Waals surface area contributed by atoms with Crippen LogP contribution in [0.25, 0.3) is 0 Å². The second kappa shape index (κ2) is 5.94. The summed E-state index contributed by atoms with van der Waals surface area (Å²) in [6.07, 6.45) is 3.85. The summed E-state index contributed by atoms with van der Waals surface area (Å²) in [5.74, 6) is -0.298. The van der Waals surface area contributed by atoms with Crippen LogP contribution in [-0.2, 0) is 4.79 Å². The molecule has 0 aromatic heterocycles. The van der Waals surface area contributed by atoms with Crippen molar-refractivity contribution < 1.29 is 9.90 Å². The van der Waals surface area contributed by atoms with Gasteiger partial charge in [0.15, 0.2) is 0 Å². The zero-order valence-corrected chi connectivity index (χ0v) is 10.5. The summed E-state index contributed by atoms with van der Waals surface area (Å²) in [7, 11) is 0. The number of carboxylic acid groups (broad SMARTS) is 1. The van der Waals surface area contributed by atoms with Crippen molar-refractivity contribution in [3.8, 4) is 0 Å². The van der Waals surface area contributed by atoms with Crippen LogP contribution in [0.5, 0.6) is 0 Å². The molecule has 1 atom stereocenters. The Balaban J connectivity index is 3.90. The molecule has 0 aliphatic rings. The van der Waals surface area contributed by atoms with Gasteiger partial charge in [-0.05, 0) is 30.6 Å². The smallest absolute Gasteiger partial charge is 0.330 e. The van der Waals surface area contributed by atoms with E-state index in [1.165, 1.54) is 0 Å². The Kier molecular flexibility index (Phi) is 5.63. The highest BCUT2D eigenvalue weighted by molar-refractivity contribution is 5.85. The van der Waals surface area contributed by atoms with E-state index in [9.17, 15) is 4.79 Å². The van der Waals surface area contributed by atoms with Gasteiger partial charge in [0, 0.05) is 5.57 Å². The molecular weight excluding hydrogens is 188 g/mol. The fourth-order valence-electron chi connectivity index (χ4n) is 1.72. The zero-order valence-electron chi connectivity index (χ0n) is 10.5. The largest absolute Gasteiger partial charge is 0.478 e. The molecule has 0 amide bonds. The average molecular weight is 212 g/mol. The van der Waals surface area contributed by atoms with Crippen LogP contribution < -0.4 is 0 Å². The summed E-state index contributed by atoms with van der Waals surface area (Å²) in [6, 6.07) is 0. The lowest BCUT2D eigenvalue weighted by molar-refractivity contribution is -0.132. The molecule has 0 spiro atoms. The maximum Gasteiger partial charge on any atom is 0.330 e. The summed E-state index contributed by atoms with van der Waals surface area (Å²) >= 11 is 0. The maximum atomic E-state index is 10.6. The molecule has 0 aliphatic carbocycles. The van der Waals surface area contributed by atoms with E-state index >= 15 is 0 Å². The molecule has 0 saturated carbocycles. The minimum absolute atomic E-state index is 0.330. The topological polar surface area (TPSA) is 37.3 Å². The molecule has 0 saturated heterocycles. The minimum atomic E-state index is -0.864. The van der Waals surface area contributed by atoms with Gasteiger partial charge in [-0.1, -0.05) is 40.7 Å². The van der Waals surface area contributed by atoms with E-state index in [1.807, 2.05) is 0 Å². The molecule has 0 rings (SSSR count). The van der Waals surface area contributed by atoms with Crippen molar-refractivity contribution in [1.29, 1.82) is 0 Å². The fourth-order valence-corrected chi connectivity index (χ4v) is 1.72. The van der Waals surface area contributed by atoms with E-state index in [4.69, 9.17) is 5.11 Å². The van der Waals surface area contributed by atoms with E-state index in [0.29, 0.717) is 23.3 Å². The standard InChI is InChI=1S/C13H24O2/c1-6-13(4,5)9-10(2)7-8-11(3)12(14)15/h10H,3,6-9H2,1-2,4-5H3,(H,14,15). The molecule has 0 aliphatic heterocycles. The van der Waals surface area contributed by atoms with Crippen molar-refractivity contribution in [2.24, 2.45) is 11.3 Å². The Morgan fingerprint density at radius 1 is 1.47 bits per heavy atom. The van der Waals surface area contributed by atoms with Crippen LogP contribution in [0.3, 0.4) is 0 Å². The van der Waals surface area contributed by atoms with Crippen LogP contribution in [0.2, 0.25) is 0 Å². The molecular formula is C13H24O2. The van der Waals surface area contributed by atoms with Gasteiger partial charge in [-0.25, -0.2) is 4.79 Å². The van der Waals surface area contributed by atoms with Crippen LogP contribution >= 0.6 is 0 Å². The van der Waals surface area contributed by atoms with Crippen molar-refractivity contribution in [1.82, 2.24) is 0 Å². The lowest BCUT2D eigenvalue weighted by atomic mass is 9.79. The van der Waals surface area contributed by atoms with Crippen LogP contribution in [-0.4, -0.2) is 11.1 Å². The number of hydrogen-bond donors (Lipinski definition) is 1. The second-order valence-electron chi connectivity index (χ2n) is 5.27. The minimum Gasteiger partial charge on any atom is -0.478 e. The molecule has 88 valence electrons. The molecule has 0 radical (unpaired) electrons. The Labute approximate surface area is 93.4 Å². The highest BCUT2D eigenvalue weighted by atomic mass is 16.4. The summed E-state index contributed by atoms with van der Waals surface area (Å²) in [5, 5.41) is 8.67. The first kappa shape index (κ1) is 14.2. The summed E-state index contributed by atoms with van der Waals surface area (Å²) < 4.78 is 0. The number of rotatable bonds is 7. The number of hydrogen-bond acceptors (Lipinski definition) is 1. The maximum absolute atomic E-state index is 10.6. The Hall–Kier alpha value is -0.790. The summed E-state index contributed by atoms with van der Waals surface area (Å²) in [4.78, 5) is 10.6. The van der Waals surface area contributed by atoms with E-state index in [0.717, 1.165) is 19.3 Å². The molecule has 1 unspecified atom stereocenters. The summed E-state index contributed by atoms with van der Waals surface area (Å²) in [5.41, 5.74) is 0.695. The highest BCUT2D eigenvalue weighted by Crippen LogP contribution is 2.31. The van der Waals surface area contributed by atoms with Gasteiger partial charge in [0.1, 0.15) is 0 Å². The van der Waals surface area contributed by atoms with Crippen molar-refractivity contribution >= 4 is 5.97 Å². The van der Waals surface area contributed by atoms with E-state index < -0.39 is 5.97 Å². The van der Waals surface area contributed by atoms with Crippen molar-refractivity contribution in [2.45, 2.75) is 53.4 Å². The van der Waals surface area contributed by atoms with Crippen molar-refractivity contribution in [3.05, 3.63) is 12.2 Å². The van der Waals surface area contributed by atoms with Gasteiger partial charge in [-0.3, -0.25) is 0 Å². The third kappa shape index (κ3) is 6.32. The molecule has 15 heavy (non-hydrogen) atoms. The molecule has 1 N–H and O–H groups in total. The zero-order chi connectivity index (χ0) is 12.1. The second-order valence-corrected chi connectivity index (χ2v) is 5.27. The Morgan fingerprint density at radius 2 is 2.00 bits per heavy atom. The Morgan fingerprint density at radius 3 is 2.40 bits per heavy atom. The first-order valence-electron chi connectivity index (χ1n) is 5.69.